The standard InChI is InChI=1S/C30H40N4O5/c35-26-21(18-30(34-26)13-7-2-8-14-30)17-25(29(38)39)33-27(36)23(15-19-9-3-1-4-10-19)32-28(37)24-16-20-11-5-6-12-22(20)31-24/h5-6,11-12,16,19,21,23,25,31H,1-4,7-10,13-15,17-18H2,(H,32,37)(H,33,36)(H,34,35)(H,38,39). The molecule has 2 aliphatic carbocycles. The van der Waals surface area contributed by atoms with Crippen molar-refractivity contribution in [3.63, 3.8) is 0 Å². The summed E-state index contributed by atoms with van der Waals surface area (Å²) in [4.78, 5) is 54.8. The van der Waals surface area contributed by atoms with E-state index >= 15 is 0 Å². The molecule has 2 saturated carbocycles. The highest BCUT2D eigenvalue weighted by molar-refractivity contribution is 6.00. The summed E-state index contributed by atoms with van der Waals surface area (Å²) >= 11 is 0. The van der Waals surface area contributed by atoms with Crippen LogP contribution in [0.5, 0.6) is 0 Å². The molecule has 0 bridgehead atoms. The number of aliphatic carboxylic acids is 1. The van der Waals surface area contributed by atoms with Crippen LogP contribution in [-0.2, 0) is 14.4 Å². The minimum atomic E-state index is -1.20. The molecule has 3 aliphatic rings. The Morgan fingerprint density at radius 3 is 2.38 bits per heavy atom. The Labute approximate surface area is 228 Å². The van der Waals surface area contributed by atoms with Crippen molar-refractivity contribution in [1.29, 1.82) is 0 Å². The van der Waals surface area contributed by atoms with E-state index in [4.69, 9.17) is 0 Å². The molecule has 1 aliphatic heterocycles. The second-order valence-electron chi connectivity index (χ2n) is 11.9. The number of hydrogen-bond acceptors (Lipinski definition) is 4. The van der Waals surface area contributed by atoms with E-state index in [1.165, 1.54) is 6.42 Å². The van der Waals surface area contributed by atoms with Crippen LogP contribution in [0.4, 0.5) is 0 Å². The average molecular weight is 537 g/mol. The Hall–Kier alpha value is -3.36. The molecule has 39 heavy (non-hydrogen) atoms. The minimum absolute atomic E-state index is 0.0424. The largest absolute Gasteiger partial charge is 0.480 e. The zero-order chi connectivity index (χ0) is 27.4. The number of amides is 3. The van der Waals surface area contributed by atoms with Crippen LogP contribution in [0.2, 0.25) is 0 Å². The number of nitrogens with one attached hydrogen (secondary N) is 4. The van der Waals surface area contributed by atoms with Gasteiger partial charge in [-0.15, -0.1) is 0 Å². The van der Waals surface area contributed by atoms with Gasteiger partial charge in [0.1, 0.15) is 17.8 Å². The molecule has 5 rings (SSSR count). The summed E-state index contributed by atoms with van der Waals surface area (Å²) in [5.74, 6) is -2.37. The quantitative estimate of drug-likeness (QED) is 0.329. The van der Waals surface area contributed by atoms with Crippen molar-refractivity contribution in [2.75, 3.05) is 0 Å². The van der Waals surface area contributed by atoms with E-state index in [2.05, 4.69) is 20.9 Å². The minimum Gasteiger partial charge on any atom is -0.480 e. The third kappa shape index (κ3) is 6.45. The van der Waals surface area contributed by atoms with Crippen LogP contribution >= 0.6 is 0 Å². The molecular formula is C30H40N4O5. The lowest BCUT2D eigenvalue weighted by molar-refractivity contribution is -0.143. The van der Waals surface area contributed by atoms with Gasteiger partial charge in [0.25, 0.3) is 5.91 Å². The Kier molecular flexibility index (Phi) is 8.23. The fourth-order valence-corrected chi connectivity index (χ4v) is 6.92. The third-order valence-corrected chi connectivity index (χ3v) is 9.03. The number of carboxylic acid groups (broad SMARTS) is 1. The third-order valence-electron chi connectivity index (χ3n) is 9.03. The maximum absolute atomic E-state index is 13.5. The van der Waals surface area contributed by atoms with Crippen LogP contribution in [0.15, 0.2) is 30.3 Å². The monoisotopic (exact) mass is 536 g/mol. The smallest absolute Gasteiger partial charge is 0.326 e. The van der Waals surface area contributed by atoms with Gasteiger partial charge in [0.2, 0.25) is 11.8 Å². The maximum Gasteiger partial charge on any atom is 0.326 e. The number of carboxylic acids is 1. The summed E-state index contributed by atoms with van der Waals surface area (Å²) in [6, 6.07) is 7.24. The molecule has 2 aromatic rings. The zero-order valence-corrected chi connectivity index (χ0v) is 22.5. The van der Waals surface area contributed by atoms with E-state index in [9.17, 15) is 24.3 Å². The summed E-state index contributed by atoms with van der Waals surface area (Å²) in [6.07, 6.45) is 11.5. The van der Waals surface area contributed by atoms with Gasteiger partial charge < -0.3 is 26.0 Å². The van der Waals surface area contributed by atoms with Gasteiger partial charge in [-0.25, -0.2) is 4.79 Å². The summed E-state index contributed by atoms with van der Waals surface area (Å²) < 4.78 is 0. The average Bonchev–Trinajstić information content (AvgIpc) is 3.49. The molecular weight excluding hydrogens is 496 g/mol. The molecule has 3 fully saturated rings. The molecule has 3 unspecified atom stereocenters. The predicted octanol–water partition coefficient (Wildman–Crippen LogP) is 4.04. The number of H-pyrrole nitrogens is 1. The zero-order valence-electron chi connectivity index (χ0n) is 22.5. The Morgan fingerprint density at radius 2 is 1.67 bits per heavy atom. The lowest BCUT2D eigenvalue weighted by Crippen LogP contribution is -2.53. The fourth-order valence-electron chi connectivity index (χ4n) is 6.92. The first-order valence-corrected chi connectivity index (χ1v) is 14.6. The van der Waals surface area contributed by atoms with Crippen LogP contribution in [-0.4, -0.2) is 51.4 Å². The number of rotatable bonds is 9. The maximum atomic E-state index is 13.5. The Bertz CT molecular complexity index is 1180. The lowest BCUT2D eigenvalue weighted by Gasteiger charge is -2.33. The number of fused-ring (bicyclic) bond motifs is 1. The number of aromatic amines is 1. The number of carbonyl (C=O) groups excluding carboxylic acids is 3. The van der Waals surface area contributed by atoms with Crippen LogP contribution in [0.3, 0.4) is 0 Å². The molecule has 0 radical (unpaired) electrons. The van der Waals surface area contributed by atoms with E-state index in [1.807, 2.05) is 24.3 Å². The number of carbonyl (C=O) groups is 4. The topological polar surface area (TPSA) is 140 Å². The van der Waals surface area contributed by atoms with Crippen molar-refractivity contribution in [3.05, 3.63) is 36.0 Å². The molecule has 1 saturated heterocycles. The molecule has 1 spiro atoms. The summed E-state index contributed by atoms with van der Waals surface area (Å²) in [7, 11) is 0. The van der Waals surface area contributed by atoms with E-state index < -0.39 is 35.8 Å². The second-order valence-corrected chi connectivity index (χ2v) is 11.9. The van der Waals surface area contributed by atoms with Crippen molar-refractivity contribution >= 4 is 34.6 Å². The van der Waals surface area contributed by atoms with Crippen molar-refractivity contribution in [1.82, 2.24) is 20.9 Å². The van der Waals surface area contributed by atoms with Gasteiger partial charge >= 0.3 is 5.97 Å². The summed E-state index contributed by atoms with van der Waals surface area (Å²) in [5.41, 5.74) is 0.949. The van der Waals surface area contributed by atoms with Crippen molar-refractivity contribution < 1.29 is 24.3 Å². The molecule has 210 valence electrons. The van der Waals surface area contributed by atoms with Crippen molar-refractivity contribution in [3.8, 4) is 0 Å². The first kappa shape index (κ1) is 27.2. The van der Waals surface area contributed by atoms with E-state index in [1.54, 1.807) is 6.07 Å². The van der Waals surface area contributed by atoms with E-state index in [0.717, 1.165) is 68.7 Å². The van der Waals surface area contributed by atoms with Gasteiger partial charge in [0.05, 0.1) is 0 Å². The first-order chi connectivity index (χ1) is 18.8. The lowest BCUT2D eigenvalue weighted by atomic mass is 9.78. The first-order valence-electron chi connectivity index (χ1n) is 14.6. The summed E-state index contributed by atoms with van der Waals surface area (Å²) in [5, 5.41) is 19.6. The highest BCUT2D eigenvalue weighted by Gasteiger charge is 2.46. The molecule has 9 heteroatoms. The van der Waals surface area contributed by atoms with Gasteiger partial charge in [0, 0.05) is 22.4 Å². The SMILES string of the molecule is O=C(NC(CC1CCCCC1)C(=O)NC(CC1CC2(CCCCC2)NC1=O)C(=O)O)c1cc2ccccc2[nH]1. The number of benzene rings is 1. The van der Waals surface area contributed by atoms with Crippen LogP contribution in [0, 0.1) is 11.8 Å². The molecule has 3 amide bonds. The number of aromatic nitrogens is 1. The highest BCUT2D eigenvalue weighted by Crippen LogP contribution is 2.39. The highest BCUT2D eigenvalue weighted by atomic mass is 16.4. The van der Waals surface area contributed by atoms with Crippen LogP contribution in [0.25, 0.3) is 10.9 Å². The second kappa shape index (κ2) is 11.8. The fraction of sp³-hybridized carbons (Fsp3) is 0.600. The van der Waals surface area contributed by atoms with Gasteiger partial charge in [-0.2, -0.15) is 0 Å². The molecule has 1 aromatic carbocycles. The molecule has 2 heterocycles. The van der Waals surface area contributed by atoms with Crippen LogP contribution < -0.4 is 16.0 Å². The van der Waals surface area contributed by atoms with Gasteiger partial charge in [-0.05, 0) is 50.2 Å². The van der Waals surface area contributed by atoms with Crippen molar-refractivity contribution in [2.45, 2.75) is 101 Å². The predicted molar refractivity (Wildman–Crippen MR) is 147 cm³/mol. The van der Waals surface area contributed by atoms with E-state index in [-0.39, 0.29) is 23.8 Å². The molecule has 1 aromatic heterocycles. The molecule has 3 atom stereocenters. The van der Waals surface area contributed by atoms with Gasteiger partial charge in [-0.1, -0.05) is 69.6 Å². The Balaban J connectivity index is 1.28. The molecule has 9 nitrogen and oxygen atoms in total. The summed E-state index contributed by atoms with van der Waals surface area (Å²) in [6.45, 7) is 0. The number of hydrogen-bond donors (Lipinski definition) is 5. The van der Waals surface area contributed by atoms with Gasteiger partial charge in [-0.3, -0.25) is 14.4 Å². The van der Waals surface area contributed by atoms with Crippen LogP contribution in [0.1, 0.15) is 94.0 Å². The van der Waals surface area contributed by atoms with Crippen molar-refractivity contribution in [2.24, 2.45) is 11.8 Å². The normalized spacial score (nSPS) is 22.8. The van der Waals surface area contributed by atoms with E-state index in [0.29, 0.717) is 18.5 Å². The Morgan fingerprint density at radius 1 is 0.949 bits per heavy atom. The number of para-hydroxylation sites is 1. The molecule has 5 N–H and O–H groups in total. The van der Waals surface area contributed by atoms with Gasteiger partial charge in [0.15, 0.2) is 0 Å².